The molecule has 0 saturated heterocycles. The predicted octanol–water partition coefficient (Wildman–Crippen LogP) is 2.62. The molecule has 0 bridgehead atoms. The summed E-state index contributed by atoms with van der Waals surface area (Å²) >= 11 is 5.64. The standard InChI is InChI=1S/C8H6ClFO/c9-8-6(4-10)2-1-3-7(8)5-11/h1-3,5H,4H2. The van der Waals surface area contributed by atoms with Crippen molar-refractivity contribution in [1.29, 1.82) is 0 Å². The van der Waals surface area contributed by atoms with Crippen molar-refractivity contribution >= 4 is 17.9 Å². The molecule has 0 aliphatic rings. The van der Waals surface area contributed by atoms with E-state index in [1.807, 2.05) is 0 Å². The van der Waals surface area contributed by atoms with Crippen LogP contribution in [0.15, 0.2) is 18.2 Å². The van der Waals surface area contributed by atoms with E-state index in [-0.39, 0.29) is 5.02 Å². The van der Waals surface area contributed by atoms with E-state index >= 15 is 0 Å². The average Bonchev–Trinajstić information content (AvgIpc) is 2.05. The molecule has 0 spiro atoms. The van der Waals surface area contributed by atoms with Crippen LogP contribution in [0.25, 0.3) is 0 Å². The Hall–Kier alpha value is -0.890. The lowest BCUT2D eigenvalue weighted by atomic mass is 10.1. The van der Waals surface area contributed by atoms with Crippen LogP contribution in [0, 0.1) is 0 Å². The van der Waals surface area contributed by atoms with Gasteiger partial charge in [-0.2, -0.15) is 0 Å². The molecule has 0 N–H and O–H groups in total. The Balaban J connectivity index is 3.20. The summed E-state index contributed by atoms with van der Waals surface area (Å²) in [5.74, 6) is 0. The Labute approximate surface area is 68.8 Å². The Morgan fingerprint density at radius 1 is 1.55 bits per heavy atom. The molecule has 1 aromatic rings. The fourth-order valence-electron chi connectivity index (χ4n) is 0.794. The SMILES string of the molecule is O=Cc1cccc(CF)c1Cl. The summed E-state index contributed by atoms with van der Waals surface area (Å²) in [5, 5.41) is 0.213. The topological polar surface area (TPSA) is 17.1 Å². The lowest BCUT2D eigenvalue weighted by molar-refractivity contribution is 0.112. The number of halogens is 2. The first-order chi connectivity index (χ1) is 5.29. The number of benzene rings is 1. The summed E-state index contributed by atoms with van der Waals surface area (Å²) in [5.41, 5.74) is 0.693. The van der Waals surface area contributed by atoms with E-state index in [2.05, 4.69) is 0 Å². The second kappa shape index (κ2) is 3.49. The third-order valence-electron chi connectivity index (χ3n) is 1.38. The Bertz CT molecular complexity index is 273. The quantitative estimate of drug-likeness (QED) is 0.627. The molecule has 1 nitrogen and oxygen atoms in total. The average molecular weight is 173 g/mol. The molecule has 0 saturated carbocycles. The van der Waals surface area contributed by atoms with Gasteiger partial charge in [-0.25, -0.2) is 4.39 Å². The predicted molar refractivity (Wildman–Crippen MR) is 41.7 cm³/mol. The van der Waals surface area contributed by atoms with Gasteiger partial charge in [0.15, 0.2) is 6.29 Å². The zero-order valence-electron chi connectivity index (χ0n) is 5.68. The van der Waals surface area contributed by atoms with E-state index in [0.29, 0.717) is 17.4 Å². The molecule has 0 fully saturated rings. The van der Waals surface area contributed by atoms with Crippen LogP contribution in [-0.4, -0.2) is 6.29 Å². The van der Waals surface area contributed by atoms with Crippen LogP contribution in [0.4, 0.5) is 4.39 Å². The van der Waals surface area contributed by atoms with Gasteiger partial charge in [-0.1, -0.05) is 29.8 Å². The number of aldehydes is 1. The maximum atomic E-state index is 12.1. The van der Waals surface area contributed by atoms with Gasteiger partial charge in [-0.05, 0) is 0 Å². The molecule has 0 heterocycles. The van der Waals surface area contributed by atoms with Gasteiger partial charge in [0.25, 0.3) is 0 Å². The third-order valence-corrected chi connectivity index (χ3v) is 1.84. The first-order valence-electron chi connectivity index (χ1n) is 3.08. The molecule has 1 rings (SSSR count). The van der Waals surface area contributed by atoms with Crippen LogP contribution in [-0.2, 0) is 6.67 Å². The molecule has 0 atom stereocenters. The van der Waals surface area contributed by atoms with Gasteiger partial charge in [0, 0.05) is 11.1 Å². The molecule has 0 aliphatic heterocycles. The smallest absolute Gasteiger partial charge is 0.151 e. The normalized spacial score (nSPS) is 9.64. The van der Waals surface area contributed by atoms with E-state index < -0.39 is 6.67 Å². The Morgan fingerprint density at radius 3 is 2.82 bits per heavy atom. The van der Waals surface area contributed by atoms with Gasteiger partial charge < -0.3 is 0 Å². The molecule has 0 unspecified atom stereocenters. The van der Waals surface area contributed by atoms with Crippen LogP contribution < -0.4 is 0 Å². The highest BCUT2D eigenvalue weighted by atomic mass is 35.5. The van der Waals surface area contributed by atoms with Crippen molar-refractivity contribution in [1.82, 2.24) is 0 Å². The summed E-state index contributed by atoms with van der Waals surface area (Å²) in [6.07, 6.45) is 0.613. The number of alkyl halides is 1. The van der Waals surface area contributed by atoms with Crippen LogP contribution in [0.5, 0.6) is 0 Å². The molecule has 0 amide bonds. The lowest BCUT2D eigenvalue weighted by Crippen LogP contribution is -1.86. The van der Waals surface area contributed by atoms with E-state index in [1.165, 1.54) is 0 Å². The van der Waals surface area contributed by atoms with Crippen molar-refractivity contribution in [2.75, 3.05) is 0 Å². The zero-order valence-corrected chi connectivity index (χ0v) is 6.44. The Kier molecular flexibility index (Phi) is 2.60. The molecule has 3 heteroatoms. The molecule has 58 valence electrons. The van der Waals surface area contributed by atoms with Gasteiger partial charge >= 0.3 is 0 Å². The molecule has 0 aromatic heterocycles. The summed E-state index contributed by atoms with van der Waals surface area (Å²) in [6.45, 7) is -0.638. The minimum atomic E-state index is -0.638. The second-order valence-corrected chi connectivity index (χ2v) is 2.45. The summed E-state index contributed by atoms with van der Waals surface area (Å²) in [6, 6.07) is 4.70. The number of carbonyl (C=O) groups is 1. The highest BCUT2D eigenvalue weighted by Gasteiger charge is 2.03. The van der Waals surface area contributed by atoms with Crippen LogP contribution >= 0.6 is 11.6 Å². The first-order valence-corrected chi connectivity index (χ1v) is 3.46. The van der Waals surface area contributed by atoms with Crippen molar-refractivity contribution in [2.45, 2.75) is 6.67 Å². The minimum absolute atomic E-state index is 0.213. The number of hydrogen-bond acceptors (Lipinski definition) is 1. The van der Waals surface area contributed by atoms with Crippen molar-refractivity contribution < 1.29 is 9.18 Å². The maximum Gasteiger partial charge on any atom is 0.151 e. The van der Waals surface area contributed by atoms with Gasteiger partial charge in [-0.15, -0.1) is 0 Å². The Morgan fingerprint density at radius 2 is 2.27 bits per heavy atom. The number of rotatable bonds is 2. The highest BCUT2D eigenvalue weighted by Crippen LogP contribution is 2.20. The van der Waals surface area contributed by atoms with Crippen molar-refractivity contribution in [3.05, 3.63) is 34.3 Å². The van der Waals surface area contributed by atoms with Crippen molar-refractivity contribution in [2.24, 2.45) is 0 Å². The fourth-order valence-corrected chi connectivity index (χ4v) is 1.01. The third kappa shape index (κ3) is 1.57. The van der Waals surface area contributed by atoms with Gasteiger partial charge in [-0.3, -0.25) is 4.79 Å². The van der Waals surface area contributed by atoms with Crippen molar-refractivity contribution in [3.63, 3.8) is 0 Å². The van der Waals surface area contributed by atoms with Crippen LogP contribution in [0.1, 0.15) is 15.9 Å². The number of carbonyl (C=O) groups excluding carboxylic acids is 1. The van der Waals surface area contributed by atoms with Gasteiger partial charge in [0.2, 0.25) is 0 Å². The molecule has 1 aromatic carbocycles. The molecule has 0 radical (unpaired) electrons. The highest BCUT2D eigenvalue weighted by molar-refractivity contribution is 6.33. The maximum absolute atomic E-state index is 12.1. The van der Waals surface area contributed by atoms with E-state index in [9.17, 15) is 9.18 Å². The van der Waals surface area contributed by atoms with E-state index in [1.54, 1.807) is 18.2 Å². The number of hydrogen-bond donors (Lipinski definition) is 0. The van der Waals surface area contributed by atoms with E-state index in [4.69, 9.17) is 11.6 Å². The van der Waals surface area contributed by atoms with Crippen LogP contribution in [0.2, 0.25) is 5.02 Å². The fraction of sp³-hybridized carbons (Fsp3) is 0.125. The summed E-state index contributed by atoms with van der Waals surface area (Å²) < 4.78 is 12.1. The minimum Gasteiger partial charge on any atom is -0.298 e. The van der Waals surface area contributed by atoms with Crippen LogP contribution in [0.3, 0.4) is 0 Å². The van der Waals surface area contributed by atoms with E-state index in [0.717, 1.165) is 0 Å². The van der Waals surface area contributed by atoms with Crippen molar-refractivity contribution in [3.8, 4) is 0 Å². The summed E-state index contributed by atoms with van der Waals surface area (Å²) in [4.78, 5) is 10.3. The summed E-state index contributed by atoms with van der Waals surface area (Å²) in [7, 11) is 0. The lowest BCUT2D eigenvalue weighted by Gasteiger charge is -1.99. The zero-order chi connectivity index (χ0) is 8.27. The second-order valence-electron chi connectivity index (χ2n) is 2.07. The first kappa shape index (κ1) is 8.21. The van der Waals surface area contributed by atoms with Gasteiger partial charge in [0.05, 0.1) is 5.02 Å². The molecule has 0 aliphatic carbocycles. The molecular formula is C8H6ClFO. The largest absolute Gasteiger partial charge is 0.298 e. The monoisotopic (exact) mass is 172 g/mol. The molecular weight excluding hydrogens is 167 g/mol. The molecule has 11 heavy (non-hydrogen) atoms. The van der Waals surface area contributed by atoms with Gasteiger partial charge in [0.1, 0.15) is 6.67 Å².